The van der Waals surface area contributed by atoms with E-state index in [1.165, 1.54) is 6.08 Å². The van der Waals surface area contributed by atoms with Crippen LogP contribution in [-0.2, 0) is 0 Å². The highest BCUT2D eigenvalue weighted by Gasteiger charge is 2.10. The standard InChI is InChI=1S/C13H10ClIN2O/c14-13-16-7-3-8-17(13)9-6-12(18)10-4-1-2-5-11(10)15/h1-9,13H/b9-6+. The number of allylic oxidation sites excluding steroid dienone is 2. The van der Waals surface area contributed by atoms with Gasteiger partial charge < -0.3 is 4.90 Å². The SMILES string of the molecule is O=C(/C=C/N1C=CC=NC1Cl)c1ccccc1I. The summed E-state index contributed by atoms with van der Waals surface area (Å²) in [7, 11) is 0. The van der Waals surface area contributed by atoms with E-state index in [4.69, 9.17) is 11.6 Å². The molecule has 0 amide bonds. The molecule has 0 radical (unpaired) electrons. The van der Waals surface area contributed by atoms with E-state index >= 15 is 0 Å². The van der Waals surface area contributed by atoms with Crippen molar-refractivity contribution in [1.82, 2.24) is 4.90 Å². The van der Waals surface area contributed by atoms with E-state index in [1.807, 2.05) is 18.2 Å². The molecule has 1 atom stereocenters. The van der Waals surface area contributed by atoms with Crippen LogP contribution in [0.15, 0.2) is 53.8 Å². The van der Waals surface area contributed by atoms with Crippen molar-refractivity contribution < 1.29 is 4.79 Å². The van der Waals surface area contributed by atoms with Crippen molar-refractivity contribution >= 4 is 46.2 Å². The highest BCUT2D eigenvalue weighted by atomic mass is 127. The van der Waals surface area contributed by atoms with Crippen molar-refractivity contribution in [2.24, 2.45) is 4.99 Å². The van der Waals surface area contributed by atoms with Gasteiger partial charge in [0.1, 0.15) is 0 Å². The van der Waals surface area contributed by atoms with Crippen molar-refractivity contribution in [3.8, 4) is 0 Å². The second-order valence-corrected chi connectivity index (χ2v) is 5.11. The maximum atomic E-state index is 12.0. The summed E-state index contributed by atoms with van der Waals surface area (Å²) in [5, 5.41) is 0. The van der Waals surface area contributed by atoms with Gasteiger partial charge in [0.2, 0.25) is 5.62 Å². The zero-order valence-corrected chi connectivity index (χ0v) is 12.2. The minimum atomic E-state index is -0.492. The quantitative estimate of drug-likeness (QED) is 0.268. The monoisotopic (exact) mass is 372 g/mol. The van der Waals surface area contributed by atoms with Crippen LogP contribution < -0.4 is 0 Å². The largest absolute Gasteiger partial charge is 0.319 e. The Labute approximate surface area is 124 Å². The fraction of sp³-hybridized carbons (Fsp3) is 0.0769. The molecule has 92 valence electrons. The summed E-state index contributed by atoms with van der Waals surface area (Å²) in [6, 6.07) is 7.45. The van der Waals surface area contributed by atoms with E-state index in [1.54, 1.807) is 35.7 Å². The number of nitrogens with zero attached hydrogens (tertiary/aromatic N) is 2. The molecule has 1 aromatic carbocycles. The number of hydrogen-bond acceptors (Lipinski definition) is 3. The molecule has 18 heavy (non-hydrogen) atoms. The van der Waals surface area contributed by atoms with Crippen LogP contribution in [0.3, 0.4) is 0 Å². The smallest absolute Gasteiger partial charge is 0.200 e. The van der Waals surface area contributed by atoms with Crippen LogP contribution in [0.2, 0.25) is 0 Å². The van der Waals surface area contributed by atoms with Gasteiger partial charge in [0.15, 0.2) is 5.78 Å². The first-order chi connectivity index (χ1) is 8.68. The van der Waals surface area contributed by atoms with Crippen LogP contribution in [0.25, 0.3) is 0 Å². The van der Waals surface area contributed by atoms with Crippen LogP contribution in [0.1, 0.15) is 10.4 Å². The second kappa shape index (κ2) is 6.15. The van der Waals surface area contributed by atoms with Gasteiger partial charge in [-0.3, -0.25) is 9.79 Å². The number of alkyl halides is 1. The van der Waals surface area contributed by atoms with Crippen LogP contribution in [0.4, 0.5) is 0 Å². The van der Waals surface area contributed by atoms with E-state index in [0.717, 1.165) is 3.57 Å². The lowest BCUT2D eigenvalue weighted by atomic mass is 10.1. The maximum Gasteiger partial charge on any atom is 0.200 e. The van der Waals surface area contributed by atoms with Crippen molar-refractivity contribution in [1.29, 1.82) is 0 Å². The Kier molecular flexibility index (Phi) is 4.54. The van der Waals surface area contributed by atoms with E-state index < -0.39 is 5.62 Å². The predicted molar refractivity (Wildman–Crippen MR) is 81.7 cm³/mol. The van der Waals surface area contributed by atoms with E-state index in [0.29, 0.717) is 5.56 Å². The van der Waals surface area contributed by atoms with Gasteiger partial charge in [-0.25, -0.2) is 0 Å². The van der Waals surface area contributed by atoms with Crippen molar-refractivity contribution in [2.75, 3.05) is 0 Å². The zero-order chi connectivity index (χ0) is 13.0. The number of halogens is 2. The Morgan fingerprint density at radius 3 is 2.94 bits per heavy atom. The number of carbonyl (C=O) groups excluding carboxylic acids is 1. The number of benzene rings is 1. The maximum absolute atomic E-state index is 12.0. The molecule has 1 aliphatic rings. The molecule has 1 aromatic rings. The molecule has 0 saturated carbocycles. The molecule has 1 aliphatic heterocycles. The molecule has 0 saturated heterocycles. The summed E-state index contributed by atoms with van der Waals surface area (Å²) < 4.78 is 0.930. The summed E-state index contributed by atoms with van der Waals surface area (Å²) >= 11 is 8.10. The lowest BCUT2D eigenvalue weighted by molar-refractivity contribution is 0.104. The van der Waals surface area contributed by atoms with Gasteiger partial charge in [0.25, 0.3) is 0 Å². The highest BCUT2D eigenvalue weighted by molar-refractivity contribution is 14.1. The number of aliphatic imine (C=N–C) groups is 1. The van der Waals surface area contributed by atoms with E-state index in [-0.39, 0.29) is 5.78 Å². The van der Waals surface area contributed by atoms with E-state index in [9.17, 15) is 4.79 Å². The summed E-state index contributed by atoms with van der Waals surface area (Å²) in [5.74, 6) is -0.0492. The summed E-state index contributed by atoms with van der Waals surface area (Å²) in [6.07, 6.45) is 8.29. The first-order valence-electron chi connectivity index (χ1n) is 5.27. The first kappa shape index (κ1) is 13.3. The van der Waals surface area contributed by atoms with Gasteiger partial charge >= 0.3 is 0 Å². The van der Waals surface area contributed by atoms with Crippen LogP contribution in [0, 0.1) is 3.57 Å². The average Bonchev–Trinajstić information content (AvgIpc) is 2.38. The number of hydrogen-bond donors (Lipinski definition) is 0. The number of rotatable bonds is 3. The Morgan fingerprint density at radius 1 is 1.44 bits per heavy atom. The molecule has 0 spiro atoms. The van der Waals surface area contributed by atoms with Crippen molar-refractivity contribution in [2.45, 2.75) is 5.62 Å². The highest BCUT2D eigenvalue weighted by Crippen LogP contribution is 2.14. The number of ketones is 1. The minimum Gasteiger partial charge on any atom is -0.319 e. The summed E-state index contributed by atoms with van der Waals surface area (Å²) in [5.41, 5.74) is 0.193. The minimum absolute atomic E-state index is 0.0492. The third kappa shape index (κ3) is 3.20. The Hall–Kier alpha value is -1.14. The fourth-order valence-corrected chi connectivity index (χ4v) is 2.28. The molecule has 0 aliphatic carbocycles. The first-order valence-corrected chi connectivity index (χ1v) is 6.78. The average molecular weight is 373 g/mol. The van der Waals surface area contributed by atoms with Gasteiger partial charge in [0.05, 0.1) is 0 Å². The van der Waals surface area contributed by atoms with Crippen molar-refractivity contribution in [3.63, 3.8) is 0 Å². The predicted octanol–water partition coefficient (Wildman–Crippen LogP) is 3.41. The molecular formula is C13H10ClIN2O. The lowest BCUT2D eigenvalue weighted by Crippen LogP contribution is -2.21. The molecule has 1 heterocycles. The third-order valence-electron chi connectivity index (χ3n) is 2.34. The van der Waals surface area contributed by atoms with Crippen molar-refractivity contribution in [3.05, 3.63) is 58.0 Å². The Balaban J connectivity index is 2.10. The van der Waals surface area contributed by atoms with Crippen LogP contribution >= 0.6 is 34.2 Å². The van der Waals surface area contributed by atoms with Gasteiger partial charge in [-0.2, -0.15) is 0 Å². The fourth-order valence-electron chi connectivity index (χ4n) is 1.43. The van der Waals surface area contributed by atoms with Gasteiger partial charge in [-0.1, -0.05) is 23.7 Å². The van der Waals surface area contributed by atoms with Gasteiger partial charge in [-0.05, 0) is 40.8 Å². The molecule has 0 bridgehead atoms. The van der Waals surface area contributed by atoms with E-state index in [2.05, 4.69) is 27.6 Å². The molecule has 3 nitrogen and oxygen atoms in total. The van der Waals surface area contributed by atoms with Crippen LogP contribution in [-0.4, -0.2) is 22.5 Å². The lowest BCUT2D eigenvalue weighted by Gasteiger charge is -2.20. The van der Waals surface area contributed by atoms with Gasteiger partial charge in [-0.15, -0.1) is 0 Å². The Morgan fingerprint density at radius 2 is 2.22 bits per heavy atom. The topological polar surface area (TPSA) is 32.7 Å². The number of carbonyl (C=O) groups is 1. The molecule has 2 rings (SSSR count). The molecule has 5 heteroatoms. The molecule has 0 fully saturated rings. The molecular weight excluding hydrogens is 363 g/mol. The third-order valence-corrected chi connectivity index (χ3v) is 3.62. The van der Waals surface area contributed by atoms with Crippen LogP contribution in [0.5, 0.6) is 0 Å². The molecule has 0 N–H and O–H groups in total. The summed E-state index contributed by atoms with van der Waals surface area (Å²) in [6.45, 7) is 0. The molecule has 1 unspecified atom stereocenters. The Bertz CT molecular complexity index is 540. The second-order valence-electron chi connectivity index (χ2n) is 3.56. The normalized spacial score (nSPS) is 18.6. The molecule has 0 aromatic heterocycles. The summed E-state index contributed by atoms with van der Waals surface area (Å²) in [4.78, 5) is 17.6. The van der Waals surface area contributed by atoms with Gasteiger partial charge in [0, 0.05) is 33.8 Å². The zero-order valence-electron chi connectivity index (χ0n) is 9.33.